The van der Waals surface area contributed by atoms with Gasteiger partial charge in [-0.05, 0) is 23.6 Å². The Bertz CT molecular complexity index is 989. The summed E-state index contributed by atoms with van der Waals surface area (Å²) in [7, 11) is -3.80. The number of aromatic nitrogens is 2. The van der Waals surface area contributed by atoms with Gasteiger partial charge in [0.15, 0.2) is 11.4 Å². The summed E-state index contributed by atoms with van der Waals surface area (Å²) < 4.78 is 47.1. The molecule has 0 amide bonds. The predicted molar refractivity (Wildman–Crippen MR) is 113 cm³/mol. The van der Waals surface area contributed by atoms with E-state index in [-0.39, 0.29) is 28.6 Å². The Morgan fingerprint density at radius 2 is 2.03 bits per heavy atom. The second-order valence-corrected chi connectivity index (χ2v) is 9.76. The lowest BCUT2D eigenvalue weighted by atomic mass is 10.1. The molecule has 2 heterocycles. The number of benzene rings is 1. The van der Waals surface area contributed by atoms with Crippen molar-refractivity contribution in [3.63, 3.8) is 0 Å². The number of thioether (sulfide) groups is 1. The van der Waals surface area contributed by atoms with Crippen molar-refractivity contribution in [3.05, 3.63) is 41.7 Å². The Hall–Kier alpha value is -2.03. The first-order chi connectivity index (χ1) is 14.7. The highest BCUT2D eigenvalue weighted by Gasteiger charge is 2.33. The SMILES string of the molecule is CC1CN(S(=O)(=O)Nc2cc(O[C@H](N)C(O)CO)nc(SCc3ccc(F)cc3)n2)C1. The minimum atomic E-state index is -3.80. The molecule has 1 fully saturated rings. The molecule has 0 radical (unpaired) electrons. The van der Waals surface area contributed by atoms with Crippen molar-refractivity contribution in [2.75, 3.05) is 24.4 Å². The van der Waals surface area contributed by atoms with Gasteiger partial charge in [0.25, 0.3) is 0 Å². The van der Waals surface area contributed by atoms with Crippen molar-refractivity contribution in [3.8, 4) is 5.88 Å². The molecule has 170 valence electrons. The van der Waals surface area contributed by atoms with Gasteiger partial charge in [0.2, 0.25) is 5.88 Å². The average molecular weight is 474 g/mol. The van der Waals surface area contributed by atoms with Crippen LogP contribution in [-0.4, -0.2) is 64.9 Å². The molecule has 2 atom stereocenters. The van der Waals surface area contributed by atoms with Crippen LogP contribution in [0.5, 0.6) is 5.88 Å². The number of hydrogen-bond donors (Lipinski definition) is 4. The maximum absolute atomic E-state index is 13.1. The van der Waals surface area contributed by atoms with Gasteiger partial charge in [-0.25, -0.2) is 9.37 Å². The fourth-order valence-corrected chi connectivity index (χ4v) is 4.87. The molecule has 13 heteroatoms. The number of hydrogen-bond acceptors (Lipinski definition) is 9. The highest BCUT2D eigenvalue weighted by Crippen LogP contribution is 2.26. The van der Waals surface area contributed by atoms with Crippen molar-refractivity contribution in [2.45, 2.75) is 30.2 Å². The fourth-order valence-electron chi connectivity index (χ4n) is 2.67. The van der Waals surface area contributed by atoms with Gasteiger partial charge in [-0.2, -0.15) is 17.7 Å². The Labute approximate surface area is 183 Å². The molecular weight excluding hydrogens is 449 g/mol. The number of halogens is 1. The van der Waals surface area contributed by atoms with Gasteiger partial charge < -0.3 is 14.9 Å². The third-order valence-corrected chi connectivity index (χ3v) is 6.75. The highest BCUT2D eigenvalue weighted by molar-refractivity contribution is 7.98. The fraction of sp³-hybridized carbons (Fsp3) is 0.444. The summed E-state index contributed by atoms with van der Waals surface area (Å²) in [4.78, 5) is 8.39. The van der Waals surface area contributed by atoms with Crippen LogP contribution < -0.4 is 15.2 Å². The molecule has 2 aromatic rings. The molecule has 1 aliphatic heterocycles. The zero-order chi connectivity index (χ0) is 22.6. The van der Waals surface area contributed by atoms with E-state index in [1.165, 1.54) is 34.3 Å². The minimum absolute atomic E-state index is 0.0307. The summed E-state index contributed by atoms with van der Waals surface area (Å²) in [6, 6.07) is 7.14. The van der Waals surface area contributed by atoms with Crippen molar-refractivity contribution in [1.82, 2.24) is 14.3 Å². The topological polar surface area (TPSA) is 151 Å². The summed E-state index contributed by atoms with van der Waals surface area (Å²) in [6.45, 7) is 2.14. The summed E-state index contributed by atoms with van der Waals surface area (Å²) in [5.41, 5.74) is 6.49. The van der Waals surface area contributed by atoms with Crippen LogP contribution in [0.25, 0.3) is 0 Å². The summed E-state index contributed by atoms with van der Waals surface area (Å²) in [6.07, 6.45) is -2.64. The van der Waals surface area contributed by atoms with Crippen molar-refractivity contribution >= 4 is 27.8 Å². The van der Waals surface area contributed by atoms with Gasteiger partial charge in [-0.15, -0.1) is 0 Å². The number of aliphatic hydroxyl groups excluding tert-OH is 2. The minimum Gasteiger partial charge on any atom is -0.456 e. The molecule has 1 aromatic carbocycles. The van der Waals surface area contributed by atoms with Crippen LogP contribution in [0.1, 0.15) is 12.5 Å². The van der Waals surface area contributed by atoms with E-state index in [4.69, 9.17) is 15.6 Å². The first-order valence-corrected chi connectivity index (χ1v) is 11.8. The van der Waals surface area contributed by atoms with Crippen molar-refractivity contribution in [1.29, 1.82) is 0 Å². The molecule has 0 aliphatic carbocycles. The molecule has 1 saturated heterocycles. The number of nitrogens with two attached hydrogens (primary N) is 1. The molecule has 3 rings (SSSR count). The largest absolute Gasteiger partial charge is 0.456 e. The zero-order valence-corrected chi connectivity index (χ0v) is 18.3. The summed E-state index contributed by atoms with van der Waals surface area (Å²) >= 11 is 1.18. The van der Waals surface area contributed by atoms with E-state index in [0.717, 1.165) is 5.56 Å². The van der Waals surface area contributed by atoms with Crippen LogP contribution >= 0.6 is 11.8 Å². The third-order valence-electron chi connectivity index (χ3n) is 4.39. The molecular formula is C18H24FN5O5S2. The van der Waals surface area contributed by atoms with E-state index in [1.807, 2.05) is 6.92 Å². The van der Waals surface area contributed by atoms with E-state index < -0.39 is 29.1 Å². The summed E-state index contributed by atoms with van der Waals surface area (Å²) in [5, 5.41) is 18.8. The first-order valence-electron chi connectivity index (χ1n) is 9.41. The lowest BCUT2D eigenvalue weighted by Gasteiger charge is -2.35. The Kier molecular flexibility index (Phi) is 7.67. The highest BCUT2D eigenvalue weighted by atomic mass is 32.2. The Morgan fingerprint density at radius 1 is 1.35 bits per heavy atom. The van der Waals surface area contributed by atoms with E-state index in [1.54, 1.807) is 12.1 Å². The Morgan fingerprint density at radius 3 is 2.65 bits per heavy atom. The zero-order valence-electron chi connectivity index (χ0n) is 16.7. The van der Waals surface area contributed by atoms with Crippen LogP contribution in [0, 0.1) is 11.7 Å². The molecule has 0 saturated carbocycles. The number of nitrogens with zero attached hydrogens (tertiary/aromatic N) is 3. The van der Waals surface area contributed by atoms with Gasteiger partial charge in [0, 0.05) is 24.9 Å². The number of ether oxygens (including phenoxy) is 1. The van der Waals surface area contributed by atoms with E-state index in [0.29, 0.717) is 18.8 Å². The van der Waals surface area contributed by atoms with Crippen LogP contribution in [-0.2, 0) is 16.0 Å². The van der Waals surface area contributed by atoms with Crippen LogP contribution in [0.4, 0.5) is 10.2 Å². The maximum atomic E-state index is 13.1. The molecule has 5 N–H and O–H groups in total. The number of aliphatic hydroxyl groups is 2. The predicted octanol–water partition coefficient (Wildman–Crippen LogP) is 0.533. The maximum Gasteiger partial charge on any atom is 0.302 e. The van der Waals surface area contributed by atoms with Gasteiger partial charge in [-0.3, -0.25) is 10.5 Å². The molecule has 1 aliphatic rings. The van der Waals surface area contributed by atoms with E-state index in [2.05, 4.69) is 14.7 Å². The van der Waals surface area contributed by atoms with Crippen molar-refractivity contribution < 1.29 is 27.8 Å². The lowest BCUT2D eigenvalue weighted by molar-refractivity contribution is 0.000278. The summed E-state index contributed by atoms with van der Waals surface area (Å²) in [5.74, 6) is 0.211. The number of anilines is 1. The van der Waals surface area contributed by atoms with Gasteiger partial charge >= 0.3 is 10.2 Å². The second kappa shape index (κ2) is 10.1. The molecule has 1 unspecified atom stereocenters. The first kappa shape index (κ1) is 23.6. The van der Waals surface area contributed by atoms with E-state index >= 15 is 0 Å². The molecule has 31 heavy (non-hydrogen) atoms. The lowest BCUT2D eigenvalue weighted by Crippen LogP contribution is -2.50. The standard InChI is InChI=1S/C18H24FN5O5S2/c1-11-7-24(8-11)31(27,28)23-15-6-16(29-17(20)14(26)9-25)22-18(21-15)30-10-12-2-4-13(19)5-3-12/h2-6,11,14,17,25-26H,7-10,20H2,1H3,(H,21,22,23)/t14?,17-/m0/s1. The van der Waals surface area contributed by atoms with Gasteiger partial charge in [0.1, 0.15) is 17.7 Å². The average Bonchev–Trinajstić information content (AvgIpc) is 2.69. The van der Waals surface area contributed by atoms with Crippen LogP contribution in [0.2, 0.25) is 0 Å². The van der Waals surface area contributed by atoms with E-state index in [9.17, 15) is 17.9 Å². The van der Waals surface area contributed by atoms with Crippen LogP contribution in [0.15, 0.2) is 35.5 Å². The molecule has 0 spiro atoms. The van der Waals surface area contributed by atoms with Crippen LogP contribution in [0.3, 0.4) is 0 Å². The quantitative estimate of drug-likeness (QED) is 0.220. The van der Waals surface area contributed by atoms with Gasteiger partial charge in [0.05, 0.1) is 6.61 Å². The number of nitrogens with one attached hydrogen (secondary N) is 1. The smallest absolute Gasteiger partial charge is 0.302 e. The third kappa shape index (κ3) is 6.48. The number of rotatable bonds is 10. The molecule has 0 bridgehead atoms. The molecule has 10 nitrogen and oxygen atoms in total. The van der Waals surface area contributed by atoms with Crippen molar-refractivity contribution in [2.24, 2.45) is 11.7 Å². The second-order valence-electron chi connectivity index (χ2n) is 7.15. The normalized spacial score (nSPS) is 17.1. The monoisotopic (exact) mass is 473 g/mol. The van der Waals surface area contributed by atoms with Gasteiger partial charge in [-0.1, -0.05) is 30.8 Å². The Balaban J connectivity index is 1.79. The molecule has 1 aromatic heterocycles.